The van der Waals surface area contributed by atoms with Crippen molar-refractivity contribution in [2.45, 2.75) is 25.7 Å². The fraction of sp³-hybridized carbons (Fsp3) is 0.667. The maximum atomic E-state index is 12.0. The van der Waals surface area contributed by atoms with E-state index < -0.39 is 0 Å². The summed E-state index contributed by atoms with van der Waals surface area (Å²) in [5.74, 6) is 0.119. The molecular weight excluding hydrogens is 216 g/mol. The first-order chi connectivity index (χ1) is 8.18. The number of hydrogen-bond acceptors (Lipinski definition) is 3. The van der Waals surface area contributed by atoms with E-state index in [4.69, 9.17) is 5.73 Å². The number of nitrogens with one attached hydrogen (secondary N) is 1. The van der Waals surface area contributed by atoms with E-state index in [0.29, 0.717) is 13.1 Å². The summed E-state index contributed by atoms with van der Waals surface area (Å²) in [5, 5.41) is 7.07. The van der Waals surface area contributed by atoms with Crippen LogP contribution in [0.25, 0.3) is 0 Å². The van der Waals surface area contributed by atoms with Crippen LogP contribution in [0.5, 0.6) is 0 Å². The lowest BCUT2D eigenvalue weighted by Gasteiger charge is -2.39. The van der Waals surface area contributed by atoms with Crippen molar-refractivity contribution in [3.8, 4) is 0 Å². The Labute approximate surface area is 101 Å². The van der Waals surface area contributed by atoms with Gasteiger partial charge < -0.3 is 11.1 Å². The van der Waals surface area contributed by atoms with Gasteiger partial charge in [0.05, 0.1) is 5.41 Å². The summed E-state index contributed by atoms with van der Waals surface area (Å²) in [5.41, 5.74) is 6.54. The molecule has 94 valence electrons. The Hall–Kier alpha value is -1.36. The Balaban J connectivity index is 1.79. The van der Waals surface area contributed by atoms with Crippen molar-refractivity contribution in [2.75, 3.05) is 13.1 Å². The molecule has 0 saturated heterocycles. The van der Waals surface area contributed by atoms with Gasteiger partial charge in [-0.3, -0.25) is 9.48 Å². The number of carbonyl (C=O) groups excluding carboxylic acids is 1. The van der Waals surface area contributed by atoms with Crippen LogP contribution >= 0.6 is 0 Å². The van der Waals surface area contributed by atoms with Crippen LogP contribution in [0.2, 0.25) is 0 Å². The molecule has 0 spiro atoms. The first-order valence-electron chi connectivity index (χ1n) is 6.13. The smallest absolute Gasteiger partial charge is 0.227 e. The lowest BCUT2D eigenvalue weighted by Crippen LogP contribution is -2.50. The van der Waals surface area contributed by atoms with Crippen LogP contribution in [0.4, 0.5) is 0 Å². The summed E-state index contributed by atoms with van der Waals surface area (Å²) in [7, 11) is 1.91. The second-order valence-electron chi connectivity index (χ2n) is 4.79. The first kappa shape index (κ1) is 12.1. The van der Waals surface area contributed by atoms with Crippen molar-refractivity contribution in [3.05, 3.63) is 18.0 Å². The number of amides is 1. The molecule has 5 heteroatoms. The monoisotopic (exact) mass is 236 g/mol. The van der Waals surface area contributed by atoms with E-state index in [1.807, 2.05) is 17.8 Å². The normalized spacial score (nSPS) is 17.5. The van der Waals surface area contributed by atoms with Gasteiger partial charge >= 0.3 is 0 Å². The molecule has 0 radical (unpaired) electrons. The predicted octanol–water partition coefficient (Wildman–Crippen LogP) is 0.208. The van der Waals surface area contributed by atoms with Gasteiger partial charge in [-0.2, -0.15) is 5.10 Å². The van der Waals surface area contributed by atoms with Crippen LogP contribution in [-0.4, -0.2) is 28.8 Å². The summed E-state index contributed by atoms with van der Waals surface area (Å²) in [6.45, 7) is 1.12. The van der Waals surface area contributed by atoms with Crippen molar-refractivity contribution in [1.29, 1.82) is 0 Å². The number of hydrogen-bond donors (Lipinski definition) is 2. The van der Waals surface area contributed by atoms with Crippen LogP contribution in [0.3, 0.4) is 0 Å². The summed E-state index contributed by atoms with van der Waals surface area (Å²) in [6, 6.07) is 1.97. The highest BCUT2D eigenvalue weighted by molar-refractivity contribution is 5.83. The second kappa shape index (κ2) is 4.87. The van der Waals surface area contributed by atoms with Gasteiger partial charge in [0.25, 0.3) is 0 Å². The fourth-order valence-electron chi connectivity index (χ4n) is 2.27. The molecule has 17 heavy (non-hydrogen) atoms. The molecule has 0 atom stereocenters. The lowest BCUT2D eigenvalue weighted by atomic mass is 9.68. The molecule has 5 nitrogen and oxygen atoms in total. The van der Waals surface area contributed by atoms with E-state index in [1.165, 1.54) is 0 Å². The number of nitrogens with zero attached hydrogens (tertiary/aromatic N) is 2. The molecule has 0 unspecified atom stereocenters. The van der Waals surface area contributed by atoms with Crippen molar-refractivity contribution in [3.63, 3.8) is 0 Å². The van der Waals surface area contributed by atoms with Gasteiger partial charge in [0, 0.05) is 38.4 Å². The first-order valence-corrected chi connectivity index (χ1v) is 6.13. The molecule has 1 aromatic rings. The maximum absolute atomic E-state index is 12.0. The molecule has 1 aromatic heterocycles. The minimum Gasteiger partial charge on any atom is -0.355 e. The molecule has 1 saturated carbocycles. The quantitative estimate of drug-likeness (QED) is 0.767. The Morgan fingerprint density at radius 3 is 2.88 bits per heavy atom. The van der Waals surface area contributed by atoms with Gasteiger partial charge in [-0.05, 0) is 18.9 Å². The van der Waals surface area contributed by atoms with E-state index in [2.05, 4.69) is 10.4 Å². The summed E-state index contributed by atoms with van der Waals surface area (Å²) < 4.78 is 1.83. The van der Waals surface area contributed by atoms with Gasteiger partial charge in [0.2, 0.25) is 5.91 Å². The molecule has 1 heterocycles. The van der Waals surface area contributed by atoms with Crippen molar-refractivity contribution >= 4 is 5.91 Å². The fourth-order valence-corrected chi connectivity index (χ4v) is 2.27. The average molecular weight is 236 g/mol. The molecule has 0 bridgehead atoms. The molecule has 1 amide bonds. The van der Waals surface area contributed by atoms with Gasteiger partial charge in [0.15, 0.2) is 0 Å². The Bertz CT molecular complexity index is 389. The van der Waals surface area contributed by atoms with E-state index in [-0.39, 0.29) is 11.3 Å². The standard InChI is InChI=1S/C12H20N4O/c1-16-10(4-8-15-16)3-7-14-11(17)12(9-13)5-2-6-12/h4,8H,2-3,5-7,9,13H2,1H3,(H,14,17). The van der Waals surface area contributed by atoms with Crippen LogP contribution in [0.1, 0.15) is 25.0 Å². The van der Waals surface area contributed by atoms with E-state index in [0.717, 1.165) is 31.4 Å². The number of aromatic nitrogens is 2. The third-order valence-corrected chi connectivity index (χ3v) is 3.77. The topological polar surface area (TPSA) is 72.9 Å². The highest BCUT2D eigenvalue weighted by Gasteiger charge is 2.42. The highest BCUT2D eigenvalue weighted by Crippen LogP contribution is 2.39. The summed E-state index contributed by atoms with van der Waals surface area (Å²) in [6.07, 6.45) is 5.56. The third kappa shape index (κ3) is 2.34. The van der Waals surface area contributed by atoms with Gasteiger partial charge in [-0.1, -0.05) is 6.42 Å². The van der Waals surface area contributed by atoms with Crippen molar-refractivity contribution < 1.29 is 4.79 Å². The van der Waals surface area contributed by atoms with Gasteiger partial charge in [0.1, 0.15) is 0 Å². The van der Waals surface area contributed by atoms with Crippen molar-refractivity contribution in [1.82, 2.24) is 15.1 Å². The zero-order valence-electron chi connectivity index (χ0n) is 10.3. The predicted molar refractivity (Wildman–Crippen MR) is 65.3 cm³/mol. The number of rotatable bonds is 5. The summed E-state index contributed by atoms with van der Waals surface area (Å²) >= 11 is 0. The van der Waals surface area contributed by atoms with E-state index in [9.17, 15) is 4.79 Å². The van der Waals surface area contributed by atoms with Gasteiger partial charge in [-0.25, -0.2) is 0 Å². The van der Waals surface area contributed by atoms with Crippen LogP contribution in [0.15, 0.2) is 12.3 Å². The number of aryl methyl sites for hydroxylation is 1. The highest BCUT2D eigenvalue weighted by atomic mass is 16.2. The van der Waals surface area contributed by atoms with Gasteiger partial charge in [-0.15, -0.1) is 0 Å². The zero-order chi connectivity index (χ0) is 12.3. The molecular formula is C12H20N4O. The van der Waals surface area contributed by atoms with E-state index in [1.54, 1.807) is 6.20 Å². The number of carbonyl (C=O) groups is 1. The van der Waals surface area contributed by atoms with Crippen LogP contribution < -0.4 is 11.1 Å². The molecule has 1 aliphatic carbocycles. The molecule has 0 aliphatic heterocycles. The summed E-state index contributed by atoms with van der Waals surface area (Å²) in [4.78, 5) is 12.0. The second-order valence-corrected chi connectivity index (χ2v) is 4.79. The molecule has 1 fully saturated rings. The van der Waals surface area contributed by atoms with E-state index >= 15 is 0 Å². The average Bonchev–Trinajstić information content (AvgIpc) is 2.64. The third-order valence-electron chi connectivity index (χ3n) is 3.77. The largest absolute Gasteiger partial charge is 0.355 e. The SMILES string of the molecule is Cn1nccc1CCNC(=O)C1(CN)CCC1. The zero-order valence-corrected chi connectivity index (χ0v) is 10.3. The molecule has 1 aliphatic rings. The van der Waals surface area contributed by atoms with Crippen molar-refractivity contribution in [2.24, 2.45) is 18.2 Å². The molecule has 2 rings (SSSR count). The minimum atomic E-state index is -0.271. The Morgan fingerprint density at radius 2 is 2.41 bits per heavy atom. The van der Waals surface area contributed by atoms with Crippen LogP contribution in [-0.2, 0) is 18.3 Å². The number of nitrogens with two attached hydrogens (primary N) is 1. The lowest BCUT2D eigenvalue weighted by molar-refractivity contribution is -0.135. The molecule has 3 N–H and O–H groups in total. The maximum Gasteiger partial charge on any atom is 0.227 e. The molecule has 0 aromatic carbocycles. The Morgan fingerprint density at radius 1 is 1.65 bits per heavy atom. The minimum absolute atomic E-state index is 0.119. The Kier molecular flexibility index (Phi) is 3.47. The van der Waals surface area contributed by atoms with Crippen LogP contribution in [0, 0.1) is 5.41 Å².